The molecule has 1 unspecified atom stereocenters. The Kier molecular flexibility index (Phi) is 4.79. The molecule has 4 N–H and O–H groups in total. The van der Waals surface area contributed by atoms with E-state index in [2.05, 4.69) is 5.32 Å². The number of phenols is 1. The normalized spacial score (nSPS) is 11.7. The molecule has 0 aliphatic rings. The highest BCUT2D eigenvalue weighted by atomic mass is 16.5. The monoisotopic (exact) mass is 286 g/mol. The molecule has 0 saturated heterocycles. The van der Waals surface area contributed by atoms with Gasteiger partial charge in [0.05, 0.1) is 7.11 Å². The second-order valence-electron chi connectivity index (χ2n) is 4.66. The van der Waals surface area contributed by atoms with E-state index in [0.29, 0.717) is 11.4 Å². The number of phenolic OH excluding ortho intramolecular Hbond substituents is 1. The van der Waals surface area contributed by atoms with E-state index in [4.69, 9.17) is 10.5 Å². The summed E-state index contributed by atoms with van der Waals surface area (Å²) in [5.41, 5.74) is 7.40. The molecule has 1 atom stereocenters. The minimum absolute atomic E-state index is 0.0253. The second kappa shape index (κ2) is 6.76. The lowest BCUT2D eigenvalue weighted by Crippen LogP contribution is -2.20. The van der Waals surface area contributed by atoms with Gasteiger partial charge in [0.1, 0.15) is 0 Å². The minimum Gasteiger partial charge on any atom is -0.504 e. The maximum Gasteiger partial charge on any atom is 0.226 e. The van der Waals surface area contributed by atoms with E-state index in [1.54, 1.807) is 12.1 Å². The van der Waals surface area contributed by atoms with E-state index in [0.717, 1.165) is 5.56 Å². The van der Waals surface area contributed by atoms with Crippen molar-refractivity contribution in [2.75, 3.05) is 12.4 Å². The van der Waals surface area contributed by atoms with Gasteiger partial charge in [-0.25, -0.2) is 0 Å². The molecule has 2 aromatic carbocycles. The van der Waals surface area contributed by atoms with Crippen LogP contribution in [-0.2, 0) is 4.79 Å². The van der Waals surface area contributed by atoms with Gasteiger partial charge in [0.25, 0.3) is 0 Å². The van der Waals surface area contributed by atoms with Gasteiger partial charge in [0.15, 0.2) is 11.5 Å². The number of amides is 1. The average molecular weight is 286 g/mol. The van der Waals surface area contributed by atoms with Gasteiger partial charge >= 0.3 is 0 Å². The lowest BCUT2D eigenvalue weighted by atomic mass is 10.0. The van der Waals surface area contributed by atoms with Gasteiger partial charge in [-0.15, -0.1) is 0 Å². The molecule has 110 valence electrons. The summed E-state index contributed by atoms with van der Waals surface area (Å²) in [4.78, 5) is 12.0. The highest BCUT2D eigenvalue weighted by molar-refractivity contribution is 5.91. The Bertz CT molecular complexity index is 614. The van der Waals surface area contributed by atoms with Crippen LogP contribution in [0.2, 0.25) is 0 Å². The van der Waals surface area contributed by atoms with Crippen LogP contribution in [0.15, 0.2) is 48.5 Å². The SMILES string of the molecule is COc1ccc(NC(=O)CC(N)c2ccccc2)cc1O. The first-order chi connectivity index (χ1) is 10.1. The Balaban J connectivity index is 1.97. The van der Waals surface area contributed by atoms with Crippen LogP contribution in [0.4, 0.5) is 5.69 Å². The molecule has 2 rings (SSSR count). The Morgan fingerprint density at radius 2 is 2.00 bits per heavy atom. The molecule has 21 heavy (non-hydrogen) atoms. The van der Waals surface area contributed by atoms with Crippen LogP contribution in [0, 0.1) is 0 Å². The first kappa shape index (κ1) is 14.9. The maximum atomic E-state index is 12.0. The van der Waals surface area contributed by atoms with Crippen molar-refractivity contribution in [3.05, 3.63) is 54.1 Å². The van der Waals surface area contributed by atoms with Gasteiger partial charge < -0.3 is 20.9 Å². The molecule has 0 radical (unpaired) electrons. The van der Waals surface area contributed by atoms with Crippen molar-refractivity contribution in [1.82, 2.24) is 0 Å². The zero-order valence-corrected chi connectivity index (χ0v) is 11.7. The summed E-state index contributed by atoms with van der Waals surface area (Å²) in [7, 11) is 1.46. The fourth-order valence-corrected chi connectivity index (χ4v) is 2.00. The molecule has 2 aromatic rings. The Hall–Kier alpha value is -2.53. The molecule has 1 amide bonds. The highest BCUT2D eigenvalue weighted by Crippen LogP contribution is 2.28. The summed E-state index contributed by atoms with van der Waals surface area (Å²) in [5.74, 6) is 0.118. The molecule has 0 fully saturated rings. The third-order valence-corrected chi connectivity index (χ3v) is 3.10. The van der Waals surface area contributed by atoms with E-state index in [1.807, 2.05) is 30.3 Å². The van der Waals surface area contributed by atoms with Crippen LogP contribution in [0.3, 0.4) is 0 Å². The summed E-state index contributed by atoms with van der Waals surface area (Å²) in [6, 6.07) is 13.8. The van der Waals surface area contributed by atoms with Crippen molar-refractivity contribution < 1.29 is 14.6 Å². The van der Waals surface area contributed by atoms with E-state index in [-0.39, 0.29) is 24.1 Å². The molecule has 0 spiro atoms. The van der Waals surface area contributed by atoms with Gasteiger partial charge in [0, 0.05) is 24.2 Å². The summed E-state index contributed by atoms with van der Waals surface area (Å²) < 4.78 is 4.94. The number of nitrogens with one attached hydrogen (secondary N) is 1. The van der Waals surface area contributed by atoms with Crippen molar-refractivity contribution in [3.8, 4) is 11.5 Å². The molecular formula is C16H18N2O3. The quantitative estimate of drug-likeness (QED) is 0.788. The first-order valence-corrected chi connectivity index (χ1v) is 6.57. The molecule has 0 heterocycles. The van der Waals surface area contributed by atoms with Crippen molar-refractivity contribution >= 4 is 11.6 Å². The summed E-state index contributed by atoms with van der Waals surface area (Å²) in [5, 5.41) is 12.4. The van der Waals surface area contributed by atoms with Gasteiger partial charge in [-0.2, -0.15) is 0 Å². The van der Waals surface area contributed by atoms with Crippen LogP contribution < -0.4 is 15.8 Å². The topological polar surface area (TPSA) is 84.6 Å². The van der Waals surface area contributed by atoms with Crippen molar-refractivity contribution in [3.63, 3.8) is 0 Å². The largest absolute Gasteiger partial charge is 0.504 e. The number of hydrogen-bond donors (Lipinski definition) is 3. The van der Waals surface area contributed by atoms with E-state index >= 15 is 0 Å². The molecule has 0 aromatic heterocycles. The second-order valence-corrected chi connectivity index (χ2v) is 4.66. The van der Waals surface area contributed by atoms with Crippen LogP contribution in [-0.4, -0.2) is 18.1 Å². The lowest BCUT2D eigenvalue weighted by molar-refractivity contribution is -0.116. The van der Waals surface area contributed by atoms with Gasteiger partial charge in [-0.3, -0.25) is 4.79 Å². The number of hydrogen-bond acceptors (Lipinski definition) is 4. The minimum atomic E-state index is -0.363. The van der Waals surface area contributed by atoms with Crippen molar-refractivity contribution in [2.24, 2.45) is 5.73 Å². The first-order valence-electron chi connectivity index (χ1n) is 6.57. The van der Waals surface area contributed by atoms with Gasteiger partial charge in [0.2, 0.25) is 5.91 Å². The molecule has 0 saturated carbocycles. The van der Waals surface area contributed by atoms with Crippen molar-refractivity contribution in [2.45, 2.75) is 12.5 Å². The fraction of sp³-hybridized carbons (Fsp3) is 0.188. The predicted molar refractivity (Wildman–Crippen MR) is 81.3 cm³/mol. The number of aromatic hydroxyl groups is 1. The number of nitrogens with two attached hydrogens (primary N) is 1. The van der Waals surface area contributed by atoms with Crippen LogP contribution in [0.5, 0.6) is 11.5 Å². The van der Waals surface area contributed by atoms with E-state index < -0.39 is 0 Å². The van der Waals surface area contributed by atoms with Crippen molar-refractivity contribution in [1.29, 1.82) is 0 Å². The highest BCUT2D eigenvalue weighted by Gasteiger charge is 2.12. The molecular weight excluding hydrogens is 268 g/mol. The summed E-state index contributed by atoms with van der Waals surface area (Å²) in [6.07, 6.45) is 0.163. The molecule has 0 aliphatic carbocycles. The molecule has 0 aliphatic heterocycles. The van der Waals surface area contributed by atoms with Crippen LogP contribution >= 0.6 is 0 Å². The standard InChI is InChI=1S/C16H18N2O3/c1-21-15-8-7-12(9-14(15)19)18-16(20)10-13(17)11-5-3-2-4-6-11/h2-9,13,19H,10,17H2,1H3,(H,18,20). The number of carbonyl (C=O) groups is 1. The summed E-state index contributed by atoms with van der Waals surface area (Å²) in [6.45, 7) is 0. The number of anilines is 1. The predicted octanol–water partition coefficient (Wildman–Crippen LogP) is 2.43. The number of benzene rings is 2. The molecule has 5 heteroatoms. The Morgan fingerprint density at radius 3 is 2.62 bits per heavy atom. The third kappa shape index (κ3) is 3.97. The number of rotatable bonds is 5. The number of carbonyl (C=O) groups excluding carboxylic acids is 1. The Morgan fingerprint density at radius 1 is 1.29 bits per heavy atom. The third-order valence-electron chi connectivity index (χ3n) is 3.10. The lowest BCUT2D eigenvalue weighted by Gasteiger charge is -2.12. The average Bonchev–Trinajstić information content (AvgIpc) is 2.48. The van der Waals surface area contributed by atoms with Crippen LogP contribution in [0.25, 0.3) is 0 Å². The maximum absolute atomic E-state index is 12.0. The fourth-order valence-electron chi connectivity index (χ4n) is 2.00. The van der Waals surface area contributed by atoms with Gasteiger partial charge in [-0.05, 0) is 17.7 Å². The number of ether oxygens (including phenoxy) is 1. The van der Waals surface area contributed by atoms with E-state index in [1.165, 1.54) is 13.2 Å². The van der Waals surface area contributed by atoms with Crippen LogP contribution in [0.1, 0.15) is 18.0 Å². The zero-order valence-electron chi connectivity index (χ0n) is 11.7. The summed E-state index contributed by atoms with van der Waals surface area (Å²) >= 11 is 0. The molecule has 5 nitrogen and oxygen atoms in total. The number of methoxy groups -OCH3 is 1. The molecule has 0 bridgehead atoms. The van der Waals surface area contributed by atoms with E-state index in [9.17, 15) is 9.90 Å². The van der Waals surface area contributed by atoms with Gasteiger partial charge in [-0.1, -0.05) is 30.3 Å². The Labute approximate surface area is 123 Å². The smallest absolute Gasteiger partial charge is 0.226 e. The zero-order chi connectivity index (χ0) is 15.2.